The summed E-state index contributed by atoms with van der Waals surface area (Å²) < 4.78 is 5.25. The molecule has 2 rings (SSSR count). The molecule has 1 heterocycles. The van der Waals surface area contributed by atoms with Crippen molar-refractivity contribution in [1.82, 2.24) is 15.6 Å². The molecule has 0 amide bonds. The van der Waals surface area contributed by atoms with Gasteiger partial charge in [0.25, 0.3) is 0 Å². The van der Waals surface area contributed by atoms with Crippen LogP contribution in [-0.4, -0.2) is 24.6 Å². The highest BCUT2D eigenvalue weighted by atomic mass is 16.3. The first-order valence-corrected chi connectivity index (χ1v) is 7.20. The molecule has 110 valence electrons. The molecule has 0 fully saturated rings. The smallest absolute Gasteiger partial charge is 0.181 e. The highest BCUT2D eigenvalue weighted by Gasteiger charge is 2.19. The van der Waals surface area contributed by atoms with E-state index < -0.39 is 0 Å². The van der Waals surface area contributed by atoms with Crippen LogP contribution in [0.2, 0.25) is 0 Å². The molecule has 0 saturated carbocycles. The minimum absolute atomic E-state index is 0.303. The standard InChI is InChI=1S/C16H25N3O/c1-12(8-16(2,3)10-17-4)18-9-13-5-6-15-14(7-13)19-11-20-15/h5-7,11-12,17-18H,8-10H2,1-4H3. The zero-order chi connectivity index (χ0) is 14.6. The Labute approximate surface area is 121 Å². The molecule has 1 unspecified atom stereocenters. The predicted molar refractivity (Wildman–Crippen MR) is 82.6 cm³/mol. The number of fused-ring (bicyclic) bond motifs is 1. The minimum atomic E-state index is 0.303. The van der Waals surface area contributed by atoms with E-state index in [2.05, 4.69) is 48.5 Å². The van der Waals surface area contributed by atoms with Crippen LogP contribution in [0.5, 0.6) is 0 Å². The molecule has 4 nitrogen and oxygen atoms in total. The first kappa shape index (κ1) is 15.0. The van der Waals surface area contributed by atoms with Gasteiger partial charge in [-0.25, -0.2) is 4.98 Å². The van der Waals surface area contributed by atoms with Gasteiger partial charge in [0.05, 0.1) is 0 Å². The number of hydrogen-bond donors (Lipinski definition) is 2. The van der Waals surface area contributed by atoms with Crippen molar-refractivity contribution >= 4 is 11.1 Å². The number of rotatable bonds is 7. The predicted octanol–water partition coefficient (Wildman–Crippen LogP) is 2.94. The number of benzene rings is 1. The summed E-state index contributed by atoms with van der Waals surface area (Å²) in [6, 6.07) is 6.63. The van der Waals surface area contributed by atoms with Crippen LogP contribution in [0.15, 0.2) is 29.0 Å². The molecule has 0 saturated heterocycles. The third-order valence-corrected chi connectivity index (χ3v) is 3.56. The van der Waals surface area contributed by atoms with Gasteiger partial charge in [-0.2, -0.15) is 0 Å². The largest absolute Gasteiger partial charge is 0.443 e. The van der Waals surface area contributed by atoms with Crippen molar-refractivity contribution in [3.8, 4) is 0 Å². The molecule has 1 aromatic carbocycles. The maximum absolute atomic E-state index is 5.25. The highest BCUT2D eigenvalue weighted by Crippen LogP contribution is 2.21. The molecule has 1 aromatic heterocycles. The van der Waals surface area contributed by atoms with Crippen molar-refractivity contribution < 1.29 is 4.42 Å². The van der Waals surface area contributed by atoms with Crippen LogP contribution in [0.1, 0.15) is 32.8 Å². The Hall–Kier alpha value is -1.39. The number of nitrogens with one attached hydrogen (secondary N) is 2. The summed E-state index contributed by atoms with van der Waals surface area (Å²) in [4.78, 5) is 4.19. The van der Waals surface area contributed by atoms with Crippen molar-refractivity contribution in [3.63, 3.8) is 0 Å². The summed E-state index contributed by atoms with van der Waals surface area (Å²) in [5.74, 6) is 0. The van der Waals surface area contributed by atoms with Gasteiger partial charge in [0.2, 0.25) is 0 Å². The van der Waals surface area contributed by atoms with Gasteiger partial charge in [-0.1, -0.05) is 19.9 Å². The number of nitrogens with zero attached hydrogens (tertiary/aromatic N) is 1. The van der Waals surface area contributed by atoms with Gasteiger partial charge in [0.15, 0.2) is 12.0 Å². The maximum atomic E-state index is 5.25. The SMILES string of the molecule is CNCC(C)(C)CC(C)NCc1ccc2ocnc2c1. The molecule has 0 aliphatic heterocycles. The summed E-state index contributed by atoms with van der Waals surface area (Å²) in [5, 5.41) is 6.84. The first-order chi connectivity index (χ1) is 9.50. The Bertz CT molecular complexity index is 547. The third-order valence-electron chi connectivity index (χ3n) is 3.56. The van der Waals surface area contributed by atoms with E-state index in [9.17, 15) is 0 Å². The molecule has 0 aliphatic carbocycles. The van der Waals surface area contributed by atoms with Gasteiger partial charge < -0.3 is 15.1 Å². The fraction of sp³-hybridized carbons (Fsp3) is 0.562. The van der Waals surface area contributed by atoms with Crippen LogP contribution >= 0.6 is 0 Å². The van der Waals surface area contributed by atoms with E-state index in [1.165, 1.54) is 12.0 Å². The van der Waals surface area contributed by atoms with Gasteiger partial charge >= 0.3 is 0 Å². The van der Waals surface area contributed by atoms with Crippen LogP contribution in [0.4, 0.5) is 0 Å². The van der Waals surface area contributed by atoms with Gasteiger partial charge in [-0.05, 0) is 43.5 Å². The van der Waals surface area contributed by atoms with E-state index >= 15 is 0 Å². The second-order valence-electron chi connectivity index (χ2n) is 6.34. The number of oxazole rings is 1. The lowest BCUT2D eigenvalue weighted by molar-refractivity contribution is 0.281. The van der Waals surface area contributed by atoms with Crippen molar-refractivity contribution in [2.75, 3.05) is 13.6 Å². The van der Waals surface area contributed by atoms with Gasteiger partial charge in [-0.15, -0.1) is 0 Å². The Kier molecular flexibility index (Phi) is 4.78. The Morgan fingerprint density at radius 2 is 2.15 bits per heavy atom. The van der Waals surface area contributed by atoms with E-state index in [4.69, 9.17) is 4.42 Å². The topological polar surface area (TPSA) is 50.1 Å². The Morgan fingerprint density at radius 1 is 1.35 bits per heavy atom. The zero-order valence-electron chi connectivity index (χ0n) is 12.9. The molecule has 2 N–H and O–H groups in total. The fourth-order valence-electron chi connectivity index (χ4n) is 2.76. The molecule has 2 aromatic rings. The lowest BCUT2D eigenvalue weighted by Gasteiger charge is -2.28. The van der Waals surface area contributed by atoms with Gasteiger partial charge in [0.1, 0.15) is 5.52 Å². The molecule has 0 bridgehead atoms. The van der Waals surface area contributed by atoms with Gasteiger partial charge in [-0.3, -0.25) is 0 Å². The quantitative estimate of drug-likeness (QED) is 0.815. The van der Waals surface area contributed by atoms with Crippen molar-refractivity contribution in [3.05, 3.63) is 30.2 Å². The molecular formula is C16H25N3O. The Morgan fingerprint density at radius 3 is 2.90 bits per heavy atom. The molecule has 0 aliphatic rings. The molecule has 1 atom stereocenters. The molecular weight excluding hydrogens is 250 g/mol. The van der Waals surface area contributed by atoms with E-state index in [1.807, 2.05) is 13.1 Å². The number of hydrogen-bond acceptors (Lipinski definition) is 4. The fourth-order valence-corrected chi connectivity index (χ4v) is 2.76. The third kappa shape index (κ3) is 4.05. The van der Waals surface area contributed by atoms with Crippen LogP contribution < -0.4 is 10.6 Å². The highest BCUT2D eigenvalue weighted by molar-refractivity contribution is 5.72. The van der Waals surface area contributed by atoms with Crippen LogP contribution in [-0.2, 0) is 6.54 Å². The molecule has 20 heavy (non-hydrogen) atoms. The molecule has 0 spiro atoms. The lowest BCUT2D eigenvalue weighted by atomic mass is 9.86. The van der Waals surface area contributed by atoms with E-state index in [0.717, 1.165) is 30.6 Å². The average Bonchev–Trinajstić information content (AvgIpc) is 2.82. The van der Waals surface area contributed by atoms with Crippen LogP contribution in [0.25, 0.3) is 11.1 Å². The maximum Gasteiger partial charge on any atom is 0.181 e. The summed E-state index contributed by atoms with van der Waals surface area (Å²) in [5.41, 5.74) is 3.31. The van der Waals surface area contributed by atoms with E-state index in [-0.39, 0.29) is 0 Å². The van der Waals surface area contributed by atoms with Crippen molar-refractivity contribution in [1.29, 1.82) is 0 Å². The summed E-state index contributed by atoms with van der Waals surface area (Å²) in [6.07, 6.45) is 2.63. The van der Waals surface area contributed by atoms with Crippen molar-refractivity contribution in [2.45, 2.75) is 39.8 Å². The van der Waals surface area contributed by atoms with Gasteiger partial charge in [0, 0.05) is 19.1 Å². The zero-order valence-corrected chi connectivity index (χ0v) is 12.9. The summed E-state index contributed by atoms with van der Waals surface area (Å²) in [7, 11) is 2.01. The minimum Gasteiger partial charge on any atom is -0.443 e. The molecule has 4 heteroatoms. The second kappa shape index (κ2) is 6.37. The molecule has 0 radical (unpaired) electrons. The van der Waals surface area contributed by atoms with Crippen molar-refractivity contribution in [2.24, 2.45) is 5.41 Å². The van der Waals surface area contributed by atoms with Crippen LogP contribution in [0.3, 0.4) is 0 Å². The number of aromatic nitrogens is 1. The monoisotopic (exact) mass is 275 g/mol. The van der Waals surface area contributed by atoms with E-state index in [0.29, 0.717) is 11.5 Å². The lowest BCUT2D eigenvalue weighted by Crippen LogP contribution is -2.35. The second-order valence-corrected chi connectivity index (χ2v) is 6.34. The summed E-state index contributed by atoms with van der Waals surface area (Å²) in [6.45, 7) is 8.72. The van der Waals surface area contributed by atoms with Crippen LogP contribution in [0, 0.1) is 5.41 Å². The summed E-state index contributed by atoms with van der Waals surface area (Å²) >= 11 is 0. The Balaban J connectivity index is 1.87. The van der Waals surface area contributed by atoms with E-state index in [1.54, 1.807) is 0 Å². The normalized spacial score (nSPS) is 13.8. The average molecular weight is 275 g/mol. The first-order valence-electron chi connectivity index (χ1n) is 7.20.